The molecule has 7 unspecified atom stereocenters. The molecule has 2 aromatic rings. The first-order valence-electron chi connectivity index (χ1n) is 12.8. The Morgan fingerprint density at radius 3 is 2.68 bits per heavy atom. The number of hydrogen-bond acceptors (Lipinski definition) is 2. The lowest BCUT2D eigenvalue weighted by atomic mass is 9.49. The fraction of sp³-hybridized carbons (Fsp3) is 0.621. The zero-order chi connectivity index (χ0) is 21.2. The van der Waals surface area contributed by atoms with Crippen LogP contribution in [0.1, 0.15) is 63.9 Å². The number of benzene rings is 1. The molecule has 2 heteroatoms. The molecule has 164 valence electrons. The average Bonchev–Trinajstić information content (AvgIpc) is 3.15. The second-order valence-corrected chi connectivity index (χ2v) is 11.6. The van der Waals surface area contributed by atoms with E-state index in [2.05, 4.69) is 61.2 Å². The molecule has 0 aliphatic heterocycles. The van der Waals surface area contributed by atoms with E-state index in [9.17, 15) is 0 Å². The highest BCUT2D eigenvalue weighted by Gasteiger charge is 2.54. The molecule has 1 heterocycles. The Hall–Kier alpha value is -1.67. The van der Waals surface area contributed by atoms with Gasteiger partial charge in [-0.2, -0.15) is 0 Å². The van der Waals surface area contributed by atoms with Gasteiger partial charge in [0.05, 0.1) is 0 Å². The summed E-state index contributed by atoms with van der Waals surface area (Å²) in [6.07, 6.45) is 18.0. The van der Waals surface area contributed by atoms with Gasteiger partial charge in [0, 0.05) is 23.8 Å². The molecule has 2 nitrogen and oxygen atoms in total. The van der Waals surface area contributed by atoms with Gasteiger partial charge in [0.1, 0.15) is 0 Å². The minimum Gasteiger partial charge on any atom is -0.306 e. The molecular weight excluding hydrogens is 376 g/mol. The molecular formula is C29H38N2. The van der Waals surface area contributed by atoms with E-state index < -0.39 is 0 Å². The molecule has 3 fully saturated rings. The molecule has 1 aromatic heterocycles. The van der Waals surface area contributed by atoms with E-state index >= 15 is 0 Å². The summed E-state index contributed by atoms with van der Waals surface area (Å²) in [6.45, 7) is 2.61. The van der Waals surface area contributed by atoms with Crippen LogP contribution in [0.4, 0.5) is 0 Å². The van der Waals surface area contributed by atoms with Crippen LogP contribution >= 0.6 is 0 Å². The number of nitrogens with zero attached hydrogens (tertiary/aromatic N) is 2. The van der Waals surface area contributed by atoms with Crippen molar-refractivity contribution in [2.24, 2.45) is 35.0 Å². The van der Waals surface area contributed by atoms with E-state index in [-0.39, 0.29) is 0 Å². The van der Waals surface area contributed by atoms with Crippen LogP contribution in [0.3, 0.4) is 0 Å². The van der Waals surface area contributed by atoms with E-state index in [1.54, 1.807) is 5.57 Å². The summed E-state index contributed by atoms with van der Waals surface area (Å²) in [5.74, 6) is 4.81. The van der Waals surface area contributed by atoms with Crippen molar-refractivity contribution < 1.29 is 0 Å². The van der Waals surface area contributed by atoms with Crippen LogP contribution in [0.15, 0.2) is 42.7 Å². The molecule has 4 aliphatic rings. The molecule has 3 saturated carbocycles. The number of hydrogen-bond donors (Lipinski definition) is 0. The lowest BCUT2D eigenvalue weighted by molar-refractivity contribution is -0.0482. The largest absolute Gasteiger partial charge is 0.306 e. The number of aromatic nitrogens is 1. The van der Waals surface area contributed by atoms with Gasteiger partial charge in [-0.15, -0.1) is 0 Å². The fourth-order valence-corrected chi connectivity index (χ4v) is 8.56. The molecule has 4 aliphatic carbocycles. The standard InChI is InChI=1S/C29H38N2/c1-29-14-12-25-24-9-7-23(31(2)3)17-20(24)6-8-26(25)28(29)11-10-27(29)21-5-4-19-13-15-30-18-22(19)16-21/h4-5,10,13,15-16,18,20,23-26,28H,6-9,11-12,14,17H2,1-3H3. The molecule has 0 spiro atoms. The predicted molar refractivity (Wildman–Crippen MR) is 130 cm³/mol. The van der Waals surface area contributed by atoms with Gasteiger partial charge >= 0.3 is 0 Å². The number of rotatable bonds is 2. The van der Waals surface area contributed by atoms with Crippen molar-refractivity contribution in [3.63, 3.8) is 0 Å². The maximum Gasteiger partial charge on any atom is 0.0346 e. The molecule has 0 bridgehead atoms. The maximum atomic E-state index is 4.37. The van der Waals surface area contributed by atoms with Crippen LogP contribution in [0.25, 0.3) is 16.3 Å². The SMILES string of the molecule is CN(C)C1CCC2C(CCC3C2CCC2(C)C(c4ccc5ccncc5c4)=CCC32)C1. The first-order chi connectivity index (χ1) is 15.0. The Morgan fingerprint density at radius 1 is 0.935 bits per heavy atom. The van der Waals surface area contributed by atoms with Gasteiger partial charge in [0.2, 0.25) is 0 Å². The molecule has 0 amide bonds. The number of pyridine rings is 1. The first-order valence-corrected chi connectivity index (χ1v) is 12.8. The van der Waals surface area contributed by atoms with Crippen molar-refractivity contribution >= 4 is 16.3 Å². The summed E-state index contributed by atoms with van der Waals surface area (Å²) in [5, 5.41) is 2.58. The van der Waals surface area contributed by atoms with Crippen molar-refractivity contribution in [2.45, 2.75) is 64.3 Å². The van der Waals surface area contributed by atoms with E-state index in [1.165, 1.54) is 67.7 Å². The molecule has 0 saturated heterocycles. The fourth-order valence-electron chi connectivity index (χ4n) is 8.56. The quantitative estimate of drug-likeness (QED) is 0.536. The van der Waals surface area contributed by atoms with Crippen molar-refractivity contribution in [1.82, 2.24) is 9.88 Å². The summed E-state index contributed by atoms with van der Waals surface area (Å²) < 4.78 is 0. The van der Waals surface area contributed by atoms with E-state index in [0.717, 1.165) is 35.6 Å². The Bertz CT molecular complexity index is 1010. The third-order valence-electron chi connectivity index (χ3n) is 10.2. The summed E-state index contributed by atoms with van der Waals surface area (Å²) in [4.78, 5) is 6.86. The van der Waals surface area contributed by atoms with Gasteiger partial charge in [0.25, 0.3) is 0 Å². The Labute approximate surface area is 188 Å². The predicted octanol–water partition coefficient (Wildman–Crippen LogP) is 6.81. The summed E-state index contributed by atoms with van der Waals surface area (Å²) in [6, 6.07) is 10.0. The third kappa shape index (κ3) is 3.12. The maximum absolute atomic E-state index is 4.37. The van der Waals surface area contributed by atoms with Crippen LogP contribution in [0.5, 0.6) is 0 Å². The number of fused-ring (bicyclic) bond motifs is 6. The highest BCUT2D eigenvalue weighted by atomic mass is 15.1. The van der Waals surface area contributed by atoms with Crippen molar-refractivity contribution in [3.8, 4) is 0 Å². The van der Waals surface area contributed by atoms with Gasteiger partial charge in [-0.1, -0.05) is 25.1 Å². The Morgan fingerprint density at radius 2 is 1.81 bits per heavy atom. The van der Waals surface area contributed by atoms with E-state index in [1.807, 2.05) is 12.4 Å². The van der Waals surface area contributed by atoms with E-state index in [4.69, 9.17) is 0 Å². The third-order valence-corrected chi connectivity index (χ3v) is 10.2. The Balaban J connectivity index is 1.25. The highest BCUT2D eigenvalue weighted by Crippen LogP contribution is 2.64. The second-order valence-electron chi connectivity index (χ2n) is 11.6. The molecule has 0 N–H and O–H groups in total. The Kier molecular flexibility index (Phi) is 4.79. The summed E-state index contributed by atoms with van der Waals surface area (Å²) in [7, 11) is 4.58. The monoisotopic (exact) mass is 414 g/mol. The van der Waals surface area contributed by atoms with Gasteiger partial charge in [-0.3, -0.25) is 4.98 Å². The topological polar surface area (TPSA) is 16.1 Å². The van der Waals surface area contributed by atoms with E-state index in [0.29, 0.717) is 5.41 Å². The average molecular weight is 415 g/mol. The molecule has 6 rings (SSSR count). The van der Waals surface area contributed by atoms with Crippen LogP contribution < -0.4 is 0 Å². The molecule has 31 heavy (non-hydrogen) atoms. The molecule has 7 atom stereocenters. The van der Waals surface area contributed by atoms with Crippen LogP contribution in [0, 0.1) is 35.0 Å². The minimum atomic E-state index is 0.366. The van der Waals surface area contributed by atoms with Crippen molar-refractivity contribution in [3.05, 3.63) is 48.3 Å². The van der Waals surface area contributed by atoms with Crippen LogP contribution in [-0.2, 0) is 0 Å². The lowest BCUT2D eigenvalue weighted by Crippen LogP contribution is -2.49. The van der Waals surface area contributed by atoms with Crippen LogP contribution in [-0.4, -0.2) is 30.0 Å². The first kappa shape index (κ1) is 20.0. The normalized spacial score (nSPS) is 39.7. The van der Waals surface area contributed by atoms with Crippen LogP contribution in [0.2, 0.25) is 0 Å². The van der Waals surface area contributed by atoms with Crippen molar-refractivity contribution in [1.29, 1.82) is 0 Å². The summed E-state index contributed by atoms with van der Waals surface area (Å²) >= 11 is 0. The van der Waals surface area contributed by atoms with Crippen molar-refractivity contribution in [2.75, 3.05) is 14.1 Å². The smallest absolute Gasteiger partial charge is 0.0346 e. The van der Waals surface area contributed by atoms with Gasteiger partial charge in [-0.25, -0.2) is 0 Å². The molecule has 1 aromatic carbocycles. The zero-order valence-electron chi connectivity index (χ0n) is 19.6. The summed E-state index contributed by atoms with van der Waals surface area (Å²) in [5.41, 5.74) is 3.45. The lowest BCUT2D eigenvalue weighted by Gasteiger charge is -2.56. The zero-order valence-corrected chi connectivity index (χ0v) is 19.6. The second kappa shape index (κ2) is 7.44. The minimum absolute atomic E-state index is 0.366. The van der Waals surface area contributed by atoms with Gasteiger partial charge in [0.15, 0.2) is 0 Å². The van der Waals surface area contributed by atoms with Gasteiger partial charge in [-0.05, 0) is 129 Å². The molecule has 0 radical (unpaired) electrons. The number of allylic oxidation sites excluding steroid dienone is 2. The van der Waals surface area contributed by atoms with Gasteiger partial charge < -0.3 is 4.90 Å². The highest BCUT2D eigenvalue weighted by molar-refractivity contribution is 5.86.